The van der Waals surface area contributed by atoms with Gasteiger partial charge in [0.15, 0.2) is 0 Å². The minimum absolute atomic E-state index is 0.0106. The zero-order valence-corrected chi connectivity index (χ0v) is 11.0. The Morgan fingerprint density at radius 2 is 1.71 bits per heavy atom. The van der Waals surface area contributed by atoms with Crippen LogP contribution in [0.4, 0.5) is 0 Å². The first-order chi connectivity index (χ1) is 8.19. The molecule has 1 atom stereocenters. The number of nitrogens with zero attached hydrogens (tertiary/aromatic N) is 1. The second-order valence-electron chi connectivity index (χ2n) is 3.66. The molecular weight excluding hydrogens is 224 g/mol. The zero-order valence-electron chi connectivity index (χ0n) is 11.0. The van der Waals surface area contributed by atoms with Crippen molar-refractivity contribution in [2.75, 3.05) is 54.2 Å². The average Bonchev–Trinajstić information content (AvgIpc) is 2.35. The van der Waals surface area contributed by atoms with Crippen molar-refractivity contribution >= 4 is 5.91 Å². The van der Waals surface area contributed by atoms with E-state index in [2.05, 4.69) is 0 Å². The Morgan fingerprint density at radius 1 is 1.18 bits per heavy atom. The van der Waals surface area contributed by atoms with Crippen LogP contribution in [-0.2, 0) is 19.0 Å². The van der Waals surface area contributed by atoms with Gasteiger partial charge in [0.2, 0.25) is 5.91 Å². The largest absolute Gasteiger partial charge is 0.383 e. The molecule has 0 rings (SSSR count). The lowest BCUT2D eigenvalue weighted by Crippen LogP contribution is -2.39. The second-order valence-corrected chi connectivity index (χ2v) is 3.66. The minimum atomic E-state index is -0.227. The van der Waals surface area contributed by atoms with Gasteiger partial charge >= 0.3 is 0 Å². The van der Waals surface area contributed by atoms with Crippen LogP contribution in [0, 0.1) is 0 Å². The molecule has 0 aromatic carbocycles. The molecule has 0 spiro atoms. The van der Waals surface area contributed by atoms with Crippen LogP contribution < -0.4 is 5.73 Å². The predicted molar refractivity (Wildman–Crippen MR) is 64.8 cm³/mol. The maximum atomic E-state index is 12.0. The number of carbonyl (C=O) groups is 1. The Kier molecular flexibility index (Phi) is 10.0. The molecule has 6 nitrogen and oxygen atoms in total. The molecule has 0 saturated carbocycles. The molecule has 0 fully saturated rings. The molecule has 0 saturated heterocycles. The molecule has 0 aliphatic rings. The summed E-state index contributed by atoms with van der Waals surface area (Å²) >= 11 is 0. The van der Waals surface area contributed by atoms with Crippen LogP contribution in [0.3, 0.4) is 0 Å². The van der Waals surface area contributed by atoms with Gasteiger partial charge in [-0.05, 0) is 0 Å². The Morgan fingerprint density at radius 3 is 2.06 bits per heavy atom. The summed E-state index contributed by atoms with van der Waals surface area (Å²) in [6.07, 6.45) is 0.0653. The Balaban J connectivity index is 4.19. The average molecular weight is 248 g/mol. The van der Waals surface area contributed by atoms with E-state index in [-0.39, 0.29) is 12.0 Å². The highest BCUT2D eigenvalue weighted by atomic mass is 16.5. The van der Waals surface area contributed by atoms with Gasteiger partial charge in [-0.3, -0.25) is 4.79 Å². The van der Waals surface area contributed by atoms with Gasteiger partial charge in [0.1, 0.15) is 0 Å². The minimum Gasteiger partial charge on any atom is -0.383 e. The van der Waals surface area contributed by atoms with Crippen LogP contribution in [0.5, 0.6) is 0 Å². The molecule has 6 heteroatoms. The first-order valence-electron chi connectivity index (χ1n) is 5.68. The second kappa shape index (κ2) is 10.5. The van der Waals surface area contributed by atoms with Crippen LogP contribution in [0.15, 0.2) is 0 Å². The van der Waals surface area contributed by atoms with Crippen molar-refractivity contribution in [1.29, 1.82) is 0 Å². The van der Waals surface area contributed by atoms with Crippen molar-refractivity contribution in [3.05, 3.63) is 0 Å². The van der Waals surface area contributed by atoms with E-state index in [9.17, 15) is 4.79 Å². The maximum Gasteiger partial charge on any atom is 0.225 e. The molecule has 0 aromatic rings. The third-order valence-corrected chi connectivity index (χ3v) is 2.48. The summed E-state index contributed by atoms with van der Waals surface area (Å²) < 4.78 is 15.0. The van der Waals surface area contributed by atoms with E-state index in [0.29, 0.717) is 39.3 Å². The third-order valence-electron chi connectivity index (χ3n) is 2.48. The molecule has 1 unspecified atom stereocenters. The van der Waals surface area contributed by atoms with E-state index >= 15 is 0 Å². The predicted octanol–water partition coefficient (Wildman–Crippen LogP) is -0.528. The van der Waals surface area contributed by atoms with Crippen molar-refractivity contribution in [2.45, 2.75) is 12.5 Å². The topological polar surface area (TPSA) is 74.0 Å². The number of carbonyl (C=O) groups excluding carboxylic acids is 1. The van der Waals surface area contributed by atoms with Crippen LogP contribution in [-0.4, -0.2) is 71.1 Å². The van der Waals surface area contributed by atoms with E-state index in [0.717, 1.165) is 0 Å². The first kappa shape index (κ1) is 16.3. The molecule has 17 heavy (non-hydrogen) atoms. The van der Waals surface area contributed by atoms with Crippen LogP contribution in [0.2, 0.25) is 0 Å². The standard InChI is InChI=1S/C11H24N2O4/c1-15-6-4-13(5-7-16-2)11(14)8-10(9-12)17-3/h10H,4-9,12H2,1-3H3. The molecule has 0 heterocycles. The summed E-state index contributed by atoms with van der Waals surface area (Å²) in [6, 6.07) is 0. The van der Waals surface area contributed by atoms with E-state index in [1.807, 2.05) is 0 Å². The SMILES string of the molecule is COCCN(CCOC)C(=O)CC(CN)OC. The Labute approximate surface area is 103 Å². The normalized spacial score (nSPS) is 12.5. The van der Waals surface area contributed by atoms with Crippen molar-refractivity contribution in [2.24, 2.45) is 5.73 Å². The number of hydrogen-bond donors (Lipinski definition) is 1. The molecule has 0 radical (unpaired) electrons. The maximum absolute atomic E-state index is 12.0. The monoisotopic (exact) mass is 248 g/mol. The molecule has 2 N–H and O–H groups in total. The summed E-state index contributed by atoms with van der Waals surface area (Å²) in [5.41, 5.74) is 5.49. The number of amides is 1. The van der Waals surface area contributed by atoms with Crippen molar-refractivity contribution in [3.63, 3.8) is 0 Å². The van der Waals surface area contributed by atoms with Gasteiger partial charge in [0, 0.05) is 41.0 Å². The third kappa shape index (κ3) is 7.27. The lowest BCUT2D eigenvalue weighted by atomic mass is 10.2. The fourth-order valence-corrected chi connectivity index (χ4v) is 1.35. The number of nitrogens with two attached hydrogens (primary N) is 1. The van der Waals surface area contributed by atoms with Crippen LogP contribution >= 0.6 is 0 Å². The lowest BCUT2D eigenvalue weighted by molar-refractivity contribution is -0.134. The summed E-state index contributed by atoms with van der Waals surface area (Å²) in [6.45, 7) is 2.47. The molecule has 0 aliphatic heterocycles. The number of ether oxygens (including phenoxy) is 3. The Bertz CT molecular complexity index is 190. The summed E-state index contributed by atoms with van der Waals surface area (Å²) in [5, 5.41) is 0. The van der Waals surface area contributed by atoms with Gasteiger partial charge in [0.05, 0.1) is 25.7 Å². The van der Waals surface area contributed by atoms with E-state index < -0.39 is 0 Å². The summed E-state index contributed by atoms with van der Waals surface area (Å²) in [7, 11) is 4.77. The molecule has 0 aromatic heterocycles. The Hall–Kier alpha value is -0.690. The van der Waals surface area contributed by atoms with Crippen LogP contribution in [0.25, 0.3) is 0 Å². The van der Waals surface area contributed by atoms with Crippen LogP contribution in [0.1, 0.15) is 6.42 Å². The highest BCUT2D eigenvalue weighted by Gasteiger charge is 2.17. The van der Waals surface area contributed by atoms with Gasteiger partial charge in [-0.1, -0.05) is 0 Å². The van der Waals surface area contributed by atoms with E-state index in [4.69, 9.17) is 19.9 Å². The van der Waals surface area contributed by atoms with Gasteiger partial charge in [-0.15, -0.1) is 0 Å². The van der Waals surface area contributed by atoms with Gasteiger partial charge in [0.25, 0.3) is 0 Å². The highest BCUT2D eigenvalue weighted by Crippen LogP contribution is 2.01. The first-order valence-corrected chi connectivity index (χ1v) is 5.68. The lowest BCUT2D eigenvalue weighted by Gasteiger charge is -2.24. The number of hydrogen-bond acceptors (Lipinski definition) is 5. The van der Waals surface area contributed by atoms with Crippen molar-refractivity contribution in [1.82, 2.24) is 4.90 Å². The fourth-order valence-electron chi connectivity index (χ4n) is 1.35. The smallest absolute Gasteiger partial charge is 0.225 e. The number of rotatable bonds is 10. The van der Waals surface area contributed by atoms with Crippen molar-refractivity contribution in [3.8, 4) is 0 Å². The highest BCUT2D eigenvalue weighted by molar-refractivity contribution is 5.76. The summed E-state index contributed by atoms with van der Waals surface area (Å²) in [5.74, 6) is 0.0106. The quantitative estimate of drug-likeness (QED) is 0.562. The molecule has 102 valence electrons. The summed E-state index contributed by atoms with van der Waals surface area (Å²) in [4.78, 5) is 13.7. The van der Waals surface area contributed by atoms with E-state index in [1.54, 1.807) is 26.2 Å². The van der Waals surface area contributed by atoms with Gasteiger partial charge in [-0.2, -0.15) is 0 Å². The van der Waals surface area contributed by atoms with E-state index in [1.165, 1.54) is 0 Å². The van der Waals surface area contributed by atoms with Gasteiger partial charge < -0.3 is 24.8 Å². The molecule has 0 aliphatic carbocycles. The fraction of sp³-hybridized carbons (Fsp3) is 0.909. The number of methoxy groups -OCH3 is 3. The van der Waals surface area contributed by atoms with Gasteiger partial charge in [-0.25, -0.2) is 0 Å². The zero-order chi connectivity index (χ0) is 13.1. The molecular formula is C11H24N2O4. The van der Waals surface area contributed by atoms with Crippen molar-refractivity contribution < 1.29 is 19.0 Å². The molecule has 1 amide bonds. The molecule has 0 bridgehead atoms.